The minimum atomic E-state index is -0.582. The van der Waals surface area contributed by atoms with Gasteiger partial charge in [0.15, 0.2) is 0 Å². The van der Waals surface area contributed by atoms with Gasteiger partial charge in [0.1, 0.15) is 0 Å². The highest BCUT2D eigenvalue weighted by Gasteiger charge is 2.49. The van der Waals surface area contributed by atoms with E-state index in [1.54, 1.807) is 0 Å². The number of hydrogen-bond donors (Lipinski definition) is 3. The molecular formula is C17H34O3. The Bertz CT molecular complexity index is 288. The Hall–Kier alpha value is -0.380. The van der Waals surface area contributed by atoms with Gasteiger partial charge in [-0.1, -0.05) is 47.1 Å². The summed E-state index contributed by atoms with van der Waals surface area (Å²) in [4.78, 5) is 0. The lowest BCUT2D eigenvalue weighted by Gasteiger charge is -2.29. The number of hydrogen-bond acceptors (Lipinski definition) is 3. The molecule has 0 spiro atoms. The van der Waals surface area contributed by atoms with Gasteiger partial charge in [-0.15, -0.1) is 0 Å². The third-order valence-electron chi connectivity index (χ3n) is 4.21. The van der Waals surface area contributed by atoms with Crippen LogP contribution in [0, 0.1) is 11.3 Å². The van der Waals surface area contributed by atoms with Crippen LogP contribution in [0.5, 0.6) is 0 Å². The van der Waals surface area contributed by atoms with Crippen LogP contribution in [0.25, 0.3) is 0 Å². The molecule has 0 aromatic carbocycles. The van der Waals surface area contributed by atoms with E-state index in [9.17, 15) is 10.2 Å². The van der Waals surface area contributed by atoms with E-state index >= 15 is 0 Å². The summed E-state index contributed by atoms with van der Waals surface area (Å²) in [7, 11) is 0. The second-order valence-electron chi connectivity index (χ2n) is 5.99. The maximum atomic E-state index is 9.91. The van der Waals surface area contributed by atoms with Crippen LogP contribution in [0.15, 0.2) is 11.6 Å². The number of aliphatic hydroxyl groups is 3. The molecule has 0 amide bonds. The molecule has 2 aliphatic rings. The Morgan fingerprint density at radius 2 is 1.80 bits per heavy atom. The predicted octanol–water partition coefficient (Wildman–Crippen LogP) is 3.28. The van der Waals surface area contributed by atoms with Crippen LogP contribution < -0.4 is 0 Å². The molecule has 120 valence electrons. The zero-order valence-electron chi connectivity index (χ0n) is 13.9. The zero-order valence-corrected chi connectivity index (χ0v) is 13.9. The van der Waals surface area contributed by atoms with Gasteiger partial charge in [0, 0.05) is 0 Å². The highest BCUT2D eigenvalue weighted by molar-refractivity contribution is 5.12. The molecule has 1 saturated carbocycles. The van der Waals surface area contributed by atoms with Gasteiger partial charge >= 0.3 is 0 Å². The molecule has 0 saturated heterocycles. The van der Waals surface area contributed by atoms with Crippen molar-refractivity contribution < 1.29 is 15.3 Å². The van der Waals surface area contributed by atoms with Gasteiger partial charge in [0.05, 0.1) is 18.8 Å². The second kappa shape index (κ2) is 9.54. The lowest BCUT2D eigenvalue weighted by Crippen LogP contribution is -2.29. The van der Waals surface area contributed by atoms with Crippen molar-refractivity contribution in [1.82, 2.24) is 0 Å². The van der Waals surface area contributed by atoms with Crippen LogP contribution in [0.1, 0.15) is 66.7 Å². The van der Waals surface area contributed by atoms with Crippen molar-refractivity contribution in [2.24, 2.45) is 11.3 Å². The van der Waals surface area contributed by atoms with Crippen LogP contribution >= 0.6 is 0 Å². The van der Waals surface area contributed by atoms with Crippen LogP contribution in [0.3, 0.4) is 0 Å². The fourth-order valence-electron chi connectivity index (χ4n) is 3.15. The molecule has 0 aliphatic heterocycles. The van der Waals surface area contributed by atoms with E-state index in [0.29, 0.717) is 6.42 Å². The molecule has 0 bridgehead atoms. The average molecular weight is 286 g/mol. The van der Waals surface area contributed by atoms with Gasteiger partial charge < -0.3 is 15.3 Å². The first-order valence-corrected chi connectivity index (χ1v) is 8.13. The Labute approximate surface area is 124 Å². The Morgan fingerprint density at radius 3 is 2.30 bits per heavy atom. The predicted molar refractivity (Wildman–Crippen MR) is 84.6 cm³/mol. The molecule has 1 fully saturated rings. The van der Waals surface area contributed by atoms with E-state index in [2.05, 4.69) is 26.8 Å². The average Bonchev–Trinajstić information content (AvgIpc) is 2.57. The highest BCUT2D eigenvalue weighted by atomic mass is 16.3. The molecule has 2 aliphatic carbocycles. The van der Waals surface area contributed by atoms with Crippen LogP contribution in [-0.4, -0.2) is 34.1 Å². The molecule has 20 heavy (non-hydrogen) atoms. The quantitative estimate of drug-likeness (QED) is 0.648. The van der Waals surface area contributed by atoms with Gasteiger partial charge in [-0.3, -0.25) is 0 Å². The molecule has 0 aromatic rings. The molecule has 3 nitrogen and oxygen atoms in total. The Morgan fingerprint density at radius 1 is 1.25 bits per heavy atom. The van der Waals surface area contributed by atoms with Crippen LogP contribution in [0.4, 0.5) is 0 Å². The van der Waals surface area contributed by atoms with E-state index in [-0.39, 0.29) is 17.9 Å². The largest absolute Gasteiger partial charge is 0.392 e. The van der Waals surface area contributed by atoms with E-state index in [1.165, 1.54) is 6.42 Å². The number of allylic oxidation sites excluding steroid dienone is 1. The fraction of sp³-hybridized carbons (Fsp3) is 0.882. The first-order chi connectivity index (χ1) is 9.48. The van der Waals surface area contributed by atoms with E-state index in [4.69, 9.17) is 5.11 Å². The Balaban J connectivity index is 0.000000641. The summed E-state index contributed by atoms with van der Waals surface area (Å²) in [6, 6.07) is 0. The van der Waals surface area contributed by atoms with Gasteiger partial charge in [0.25, 0.3) is 0 Å². The topological polar surface area (TPSA) is 60.7 Å². The molecule has 2 rings (SSSR count). The first kappa shape index (κ1) is 19.6. The smallest absolute Gasteiger partial charge is 0.0832 e. The zero-order chi connectivity index (χ0) is 15.8. The van der Waals surface area contributed by atoms with E-state index in [1.807, 2.05) is 13.8 Å². The molecule has 0 radical (unpaired) electrons. The second-order valence-corrected chi connectivity index (χ2v) is 5.99. The summed E-state index contributed by atoms with van der Waals surface area (Å²) < 4.78 is 0. The SMILES string of the molecule is CC.CC12CC=C(CO)CCC1[C@@H](O)[C@@H](O)C2.CCC. The van der Waals surface area contributed by atoms with Gasteiger partial charge in [0.2, 0.25) is 0 Å². The third kappa shape index (κ3) is 4.87. The molecule has 3 heteroatoms. The molecular weight excluding hydrogens is 252 g/mol. The van der Waals surface area contributed by atoms with Gasteiger partial charge in [-0.25, -0.2) is 0 Å². The molecule has 4 atom stereocenters. The van der Waals surface area contributed by atoms with Crippen molar-refractivity contribution in [3.05, 3.63) is 11.6 Å². The molecule has 2 unspecified atom stereocenters. The minimum absolute atomic E-state index is 0.00968. The lowest BCUT2D eigenvalue weighted by atomic mass is 9.76. The van der Waals surface area contributed by atoms with Gasteiger partial charge in [-0.2, -0.15) is 0 Å². The summed E-state index contributed by atoms with van der Waals surface area (Å²) >= 11 is 0. The van der Waals surface area contributed by atoms with Crippen molar-refractivity contribution in [3.63, 3.8) is 0 Å². The summed E-state index contributed by atoms with van der Waals surface area (Å²) in [5, 5.41) is 28.7. The number of fused-ring (bicyclic) bond motifs is 1. The highest BCUT2D eigenvalue weighted by Crippen LogP contribution is 2.50. The van der Waals surface area contributed by atoms with Crippen molar-refractivity contribution >= 4 is 0 Å². The van der Waals surface area contributed by atoms with Crippen molar-refractivity contribution in [2.75, 3.05) is 6.61 Å². The number of rotatable bonds is 1. The minimum Gasteiger partial charge on any atom is -0.392 e. The van der Waals surface area contributed by atoms with Crippen LogP contribution in [0.2, 0.25) is 0 Å². The summed E-state index contributed by atoms with van der Waals surface area (Å²) in [6.45, 7) is 10.5. The van der Waals surface area contributed by atoms with Crippen molar-refractivity contribution in [1.29, 1.82) is 0 Å². The molecule has 0 heterocycles. The lowest BCUT2D eigenvalue weighted by molar-refractivity contribution is 0.0136. The molecule has 3 N–H and O–H groups in total. The maximum Gasteiger partial charge on any atom is 0.0832 e. The summed E-state index contributed by atoms with van der Waals surface area (Å²) in [5.74, 6) is 0.174. The van der Waals surface area contributed by atoms with E-state index < -0.39 is 12.2 Å². The normalized spacial score (nSPS) is 35.6. The first-order valence-electron chi connectivity index (χ1n) is 8.13. The summed E-state index contributed by atoms with van der Waals surface area (Å²) in [5.41, 5.74) is 1.09. The van der Waals surface area contributed by atoms with Gasteiger partial charge in [-0.05, 0) is 42.6 Å². The maximum absolute atomic E-state index is 9.91. The van der Waals surface area contributed by atoms with Crippen molar-refractivity contribution in [2.45, 2.75) is 78.9 Å². The summed E-state index contributed by atoms with van der Waals surface area (Å²) in [6.07, 6.45) is 5.45. The third-order valence-corrected chi connectivity index (χ3v) is 4.21. The standard InChI is InChI=1S/C12H20O3.C3H8.C2H6/c1-12-5-4-8(7-13)2-3-9(12)11(15)10(14)6-12;1-3-2;1-2/h4,9-11,13-15H,2-3,5-7H2,1H3;3H2,1-2H3;1-2H3/t9?,10-,11+,12?;;/m0../s1. The monoisotopic (exact) mass is 286 g/mol. The van der Waals surface area contributed by atoms with E-state index in [0.717, 1.165) is 24.8 Å². The Kier molecular flexibility index (Phi) is 9.36. The molecule has 0 aromatic heterocycles. The number of aliphatic hydroxyl groups excluding tert-OH is 3. The van der Waals surface area contributed by atoms with Crippen LogP contribution in [-0.2, 0) is 0 Å². The van der Waals surface area contributed by atoms with Crippen molar-refractivity contribution in [3.8, 4) is 0 Å². The fourth-order valence-corrected chi connectivity index (χ4v) is 3.15.